The van der Waals surface area contributed by atoms with Gasteiger partial charge < -0.3 is 0 Å². The molecule has 0 aliphatic rings. The number of alkyl halides is 3. The van der Waals surface area contributed by atoms with E-state index in [-0.39, 0.29) is 6.54 Å². The van der Waals surface area contributed by atoms with Crippen LogP contribution >= 0.6 is 0 Å². The van der Waals surface area contributed by atoms with Crippen LogP contribution in [0.3, 0.4) is 0 Å². The number of rotatable bonds is 6. The molecule has 0 spiro atoms. The fourth-order valence-electron chi connectivity index (χ4n) is 0.671. The highest BCUT2D eigenvalue weighted by Crippen LogP contribution is 2.12. The lowest BCUT2D eigenvalue weighted by molar-refractivity contribution is -0.121. The molecule has 0 aliphatic carbocycles. The quantitative estimate of drug-likeness (QED) is 0.541. The Bertz CT molecular complexity index is 298. The molecule has 0 aromatic heterocycles. The molecular weight excluding hydrogens is 233 g/mol. The van der Waals surface area contributed by atoms with Gasteiger partial charge in [-0.05, 0) is 13.3 Å². The summed E-state index contributed by atoms with van der Waals surface area (Å²) in [5.41, 5.74) is 0. The van der Waals surface area contributed by atoms with E-state index < -0.39 is 22.9 Å². The van der Waals surface area contributed by atoms with Crippen LogP contribution < -0.4 is 9.44 Å². The molecular formula is C7H13F3N2O2S. The summed E-state index contributed by atoms with van der Waals surface area (Å²) in [7, 11) is -4.05. The van der Waals surface area contributed by atoms with E-state index in [0.29, 0.717) is 6.42 Å². The molecule has 0 aliphatic heterocycles. The van der Waals surface area contributed by atoms with Crippen molar-refractivity contribution in [3.05, 3.63) is 12.2 Å². The first-order chi connectivity index (χ1) is 6.77. The van der Waals surface area contributed by atoms with Crippen molar-refractivity contribution < 1.29 is 21.6 Å². The summed E-state index contributed by atoms with van der Waals surface area (Å²) in [6.07, 6.45) is -0.689. The van der Waals surface area contributed by atoms with Crippen molar-refractivity contribution >= 4 is 10.2 Å². The molecule has 0 atom stereocenters. The van der Waals surface area contributed by atoms with Crippen molar-refractivity contribution in [3.8, 4) is 0 Å². The second-order valence-corrected chi connectivity index (χ2v) is 4.28. The highest BCUT2D eigenvalue weighted by atomic mass is 32.2. The summed E-state index contributed by atoms with van der Waals surface area (Å²) in [5.74, 6) is 0. The molecule has 4 nitrogen and oxygen atoms in total. The summed E-state index contributed by atoms with van der Waals surface area (Å²) in [4.78, 5) is 0. The van der Waals surface area contributed by atoms with Gasteiger partial charge in [0.1, 0.15) is 6.54 Å². The van der Waals surface area contributed by atoms with Crippen LogP contribution in [0.15, 0.2) is 12.2 Å². The number of halogens is 3. The van der Waals surface area contributed by atoms with E-state index in [2.05, 4.69) is 0 Å². The Hall–Kier alpha value is -0.600. The number of hydrogen-bond donors (Lipinski definition) is 2. The number of allylic oxidation sites excluding steroid dienone is 1. The lowest BCUT2D eigenvalue weighted by Crippen LogP contribution is -2.41. The van der Waals surface area contributed by atoms with Gasteiger partial charge in [0.15, 0.2) is 0 Å². The molecule has 0 saturated carbocycles. The molecule has 0 heterocycles. The molecule has 8 heteroatoms. The van der Waals surface area contributed by atoms with Gasteiger partial charge in [-0.25, -0.2) is 4.72 Å². The second kappa shape index (κ2) is 6.09. The fourth-order valence-corrected chi connectivity index (χ4v) is 1.51. The number of nitrogens with one attached hydrogen (secondary N) is 2. The second-order valence-electron chi connectivity index (χ2n) is 2.69. The van der Waals surface area contributed by atoms with Crippen molar-refractivity contribution in [2.45, 2.75) is 19.5 Å². The van der Waals surface area contributed by atoms with Crippen molar-refractivity contribution in [2.24, 2.45) is 0 Å². The molecule has 2 N–H and O–H groups in total. The average molecular weight is 246 g/mol. The van der Waals surface area contributed by atoms with E-state index in [9.17, 15) is 21.6 Å². The third-order valence-electron chi connectivity index (χ3n) is 1.30. The first kappa shape index (κ1) is 14.4. The van der Waals surface area contributed by atoms with Crippen LogP contribution in [0.25, 0.3) is 0 Å². The van der Waals surface area contributed by atoms with Gasteiger partial charge in [-0.1, -0.05) is 12.2 Å². The molecule has 0 amide bonds. The fraction of sp³-hybridized carbons (Fsp3) is 0.714. The van der Waals surface area contributed by atoms with Gasteiger partial charge >= 0.3 is 6.18 Å². The zero-order valence-corrected chi connectivity index (χ0v) is 8.95. The van der Waals surface area contributed by atoms with Crippen LogP contribution in [0, 0.1) is 0 Å². The highest BCUT2D eigenvalue weighted by Gasteiger charge is 2.29. The third kappa shape index (κ3) is 9.70. The van der Waals surface area contributed by atoms with Gasteiger partial charge in [-0.15, -0.1) is 0 Å². The van der Waals surface area contributed by atoms with Crippen LogP contribution in [0.5, 0.6) is 0 Å². The summed E-state index contributed by atoms with van der Waals surface area (Å²) in [6.45, 7) is 0.264. The summed E-state index contributed by atoms with van der Waals surface area (Å²) >= 11 is 0. The van der Waals surface area contributed by atoms with Gasteiger partial charge in [-0.2, -0.15) is 26.3 Å². The van der Waals surface area contributed by atoms with E-state index in [0.717, 1.165) is 0 Å². The zero-order valence-electron chi connectivity index (χ0n) is 8.13. The Morgan fingerprint density at radius 3 is 2.33 bits per heavy atom. The smallest absolute Gasteiger partial charge is 0.202 e. The molecule has 0 fully saturated rings. The molecule has 0 rings (SSSR count). The Balaban J connectivity index is 3.88. The van der Waals surface area contributed by atoms with Crippen molar-refractivity contribution in [3.63, 3.8) is 0 Å². The Morgan fingerprint density at radius 1 is 1.27 bits per heavy atom. The predicted molar refractivity (Wildman–Crippen MR) is 50.4 cm³/mol. The van der Waals surface area contributed by atoms with Gasteiger partial charge in [0, 0.05) is 6.54 Å². The van der Waals surface area contributed by atoms with E-state index in [1.165, 1.54) is 4.72 Å². The maximum Gasteiger partial charge on any atom is 0.402 e. The van der Waals surface area contributed by atoms with Crippen molar-refractivity contribution in [1.82, 2.24) is 9.44 Å². The van der Waals surface area contributed by atoms with Crippen LogP contribution in [-0.4, -0.2) is 27.7 Å². The third-order valence-corrected chi connectivity index (χ3v) is 2.41. The van der Waals surface area contributed by atoms with Gasteiger partial charge in [-0.3, -0.25) is 0 Å². The zero-order chi connectivity index (χ0) is 11.9. The van der Waals surface area contributed by atoms with Gasteiger partial charge in [0.25, 0.3) is 10.2 Å². The van der Waals surface area contributed by atoms with Gasteiger partial charge in [0.2, 0.25) is 0 Å². The molecule has 0 unspecified atom stereocenters. The van der Waals surface area contributed by atoms with E-state index >= 15 is 0 Å². The minimum absolute atomic E-state index is 0.0670. The maximum atomic E-state index is 11.7. The molecule has 0 radical (unpaired) electrons. The van der Waals surface area contributed by atoms with E-state index in [1.54, 1.807) is 19.1 Å². The summed E-state index contributed by atoms with van der Waals surface area (Å²) < 4.78 is 60.1. The first-order valence-electron chi connectivity index (χ1n) is 4.19. The number of hydrogen-bond acceptors (Lipinski definition) is 2. The Kier molecular flexibility index (Phi) is 5.84. The summed E-state index contributed by atoms with van der Waals surface area (Å²) in [5, 5.41) is 0. The Morgan fingerprint density at radius 2 is 1.87 bits per heavy atom. The monoisotopic (exact) mass is 246 g/mol. The molecule has 0 saturated heterocycles. The van der Waals surface area contributed by atoms with Gasteiger partial charge in [0.05, 0.1) is 0 Å². The summed E-state index contributed by atoms with van der Waals surface area (Å²) in [6, 6.07) is 0. The highest BCUT2D eigenvalue weighted by molar-refractivity contribution is 7.87. The Labute approximate surface area is 86.7 Å². The first-order valence-corrected chi connectivity index (χ1v) is 5.67. The van der Waals surface area contributed by atoms with Crippen LogP contribution in [0.1, 0.15) is 13.3 Å². The van der Waals surface area contributed by atoms with Crippen molar-refractivity contribution in [1.29, 1.82) is 0 Å². The minimum Gasteiger partial charge on any atom is -0.202 e. The topological polar surface area (TPSA) is 58.2 Å². The molecule has 15 heavy (non-hydrogen) atoms. The SMILES string of the molecule is C/C=C/CCNS(=O)(=O)NCC(F)(F)F. The minimum atomic E-state index is -4.54. The van der Waals surface area contributed by atoms with Crippen LogP contribution in [0.2, 0.25) is 0 Å². The molecule has 0 aromatic rings. The standard InChI is InChI=1S/C7H13F3N2O2S/c1-2-3-4-5-11-15(13,14)12-6-7(8,9)10/h2-3,11-12H,4-6H2,1H3/b3-2+. The average Bonchev–Trinajstić information content (AvgIpc) is 2.09. The maximum absolute atomic E-state index is 11.7. The van der Waals surface area contributed by atoms with Crippen molar-refractivity contribution in [2.75, 3.05) is 13.1 Å². The van der Waals surface area contributed by atoms with Crippen LogP contribution in [0.4, 0.5) is 13.2 Å². The largest absolute Gasteiger partial charge is 0.402 e. The molecule has 90 valence electrons. The van der Waals surface area contributed by atoms with Crippen LogP contribution in [-0.2, 0) is 10.2 Å². The lowest BCUT2D eigenvalue weighted by Gasteiger charge is -2.09. The predicted octanol–water partition coefficient (Wildman–Crippen LogP) is 0.939. The normalized spacial score (nSPS) is 13.6. The lowest BCUT2D eigenvalue weighted by atomic mass is 10.4. The van der Waals surface area contributed by atoms with E-state index in [1.807, 2.05) is 4.72 Å². The van der Waals surface area contributed by atoms with E-state index in [4.69, 9.17) is 0 Å². The molecule has 0 aromatic carbocycles. The molecule has 0 bridgehead atoms.